The highest BCUT2D eigenvalue weighted by molar-refractivity contribution is 9.11. The molecule has 1 atom stereocenters. The molecule has 1 N–H and O–H groups in total. The van der Waals surface area contributed by atoms with Crippen molar-refractivity contribution in [1.29, 1.82) is 0 Å². The largest absolute Gasteiger partial charge is 0.313 e. The predicted molar refractivity (Wildman–Crippen MR) is 57.0 cm³/mol. The summed E-state index contributed by atoms with van der Waals surface area (Å²) in [5, 5.41) is 3.06. The minimum Gasteiger partial charge on any atom is -0.313 e. The van der Waals surface area contributed by atoms with Gasteiger partial charge in [-0.15, -0.1) is 11.3 Å². The van der Waals surface area contributed by atoms with Crippen molar-refractivity contribution in [2.45, 2.75) is 18.5 Å². The molecule has 4 heteroatoms. The van der Waals surface area contributed by atoms with Gasteiger partial charge in [0.25, 0.3) is 0 Å². The molecule has 0 aromatic carbocycles. The SMILES string of the molecule is FC1(Cc2ccc(Br)s2)CCNC1. The van der Waals surface area contributed by atoms with Crippen molar-refractivity contribution >= 4 is 27.3 Å². The van der Waals surface area contributed by atoms with Gasteiger partial charge in [0.15, 0.2) is 0 Å². The summed E-state index contributed by atoms with van der Waals surface area (Å²) in [4.78, 5) is 1.12. The number of halogens is 2. The van der Waals surface area contributed by atoms with Gasteiger partial charge in [-0.05, 0) is 41.0 Å². The molecule has 0 bridgehead atoms. The molecule has 1 saturated heterocycles. The summed E-state index contributed by atoms with van der Waals surface area (Å²) in [5.74, 6) is 0. The predicted octanol–water partition coefficient (Wildman–Crippen LogP) is 2.75. The molecule has 0 radical (unpaired) electrons. The van der Waals surface area contributed by atoms with E-state index in [1.807, 2.05) is 12.1 Å². The molecular formula is C9H11BrFNS. The fourth-order valence-corrected chi connectivity index (χ4v) is 3.23. The monoisotopic (exact) mass is 263 g/mol. The van der Waals surface area contributed by atoms with Crippen LogP contribution < -0.4 is 5.32 Å². The maximum absolute atomic E-state index is 13.9. The van der Waals surface area contributed by atoms with E-state index in [1.165, 1.54) is 0 Å². The Bertz CT molecular complexity index is 294. The lowest BCUT2D eigenvalue weighted by molar-refractivity contribution is 0.192. The Hall–Kier alpha value is 0.0700. The molecule has 13 heavy (non-hydrogen) atoms. The van der Waals surface area contributed by atoms with Gasteiger partial charge in [-0.1, -0.05) is 0 Å². The summed E-state index contributed by atoms with van der Waals surface area (Å²) in [7, 11) is 0. The van der Waals surface area contributed by atoms with E-state index in [9.17, 15) is 4.39 Å². The van der Waals surface area contributed by atoms with Gasteiger partial charge in [0, 0.05) is 17.8 Å². The maximum atomic E-state index is 13.9. The van der Waals surface area contributed by atoms with Crippen LogP contribution in [-0.2, 0) is 6.42 Å². The van der Waals surface area contributed by atoms with E-state index in [0.717, 1.165) is 15.2 Å². The molecule has 2 rings (SSSR count). The van der Waals surface area contributed by atoms with Gasteiger partial charge in [-0.2, -0.15) is 0 Å². The highest BCUT2D eigenvalue weighted by Crippen LogP contribution is 2.30. The first-order valence-corrected chi connectivity index (χ1v) is 5.93. The lowest BCUT2D eigenvalue weighted by atomic mass is 10.0. The van der Waals surface area contributed by atoms with Crippen LogP contribution in [0, 0.1) is 0 Å². The Balaban J connectivity index is 2.04. The molecule has 0 amide bonds. The quantitative estimate of drug-likeness (QED) is 0.866. The number of thiophene rings is 1. The maximum Gasteiger partial charge on any atom is 0.129 e. The van der Waals surface area contributed by atoms with Crippen molar-refractivity contribution in [1.82, 2.24) is 5.32 Å². The topological polar surface area (TPSA) is 12.0 Å². The zero-order chi connectivity index (χ0) is 9.31. The van der Waals surface area contributed by atoms with E-state index in [1.54, 1.807) is 11.3 Å². The summed E-state index contributed by atoms with van der Waals surface area (Å²) in [6, 6.07) is 3.97. The highest BCUT2D eigenvalue weighted by atomic mass is 79.9. The second kappa shape index (κ2) is 3.67. The van der Waals surface area contributed by atoms with Crippen molar-refractivity contribution in [3.05, 3.63) is 20.8 Å². The smallest absolute Gasteiger partial charge is 0.129 e. The Kier molecular flexibility index (Phi) is 2.72. The first-order valence-electron chi connectivity index (χ1n) is 4.32. The zero-order valence-corrected chi connectivity index (χ0v) is 9.55. The van der Waals surface area contributed by atoms with E-state index < -0.39 is 5.67 Å². The number of nitrogens with one attached hydrogen (secondary N) is 1. The Morgan fingerprint density at radius 1 is 1.62 bits per heavy atom. The van der Waals surface area contributed by atoms with Crippen molar-refractivity contribution < 1.29 is 4.39 Å². The van der Waals surface area contributed by atoms with Gasteiger partial charge < -0.3 is 5.32 Å². The zero-order valence-electron chi connectivity index (χ0n) is 7.15. The van der Waals surface area contributed by atoms with E-state index in [-0.39, 0.29) is 0 Å². The van der Waals surface area contributed by atoms with E-state index in [2.05, 4.69) is 21.2 Å². The molecule has 1 aromatic heterocycles. The van der Waals surface area contributed by atoms with Gasteiger partial charge in [-0.25, -0.2) is 4.39 Å². The number of alkyl halides is 1. The second-order valence-electron chi connectivity index (χ2n) is 3.46. The molecule has 0 saturated carbocycles. The fourth-order valence-electron chi connectivity index (χ4n) is 1.62. The fraction of sp³-hybridized carbons (Fsp3) is 0.556. The van der Waals surface area contributed by atoms with Gasteiger partial charge in [-0.3, -0.25) is 0 Å². The average Bonchev–Trinajstić information content (AvgIpc) is 2.62. The highest BCUT2D eigenvalue weighted by Gasteiger charge is 2.33. The van der Waals surface area contributed by atoms with Crippen LogP contribution in [0.2, 0.25) is 0 Å². The third-order valence-electron chi connectivity index (χ3n) is 2.31. The lowest BCUT2D eigenvalue weighted by Crippen LogP contribution is -2.28. The van der Waals surface area contributed by atoms with Gasteiger partial charge in [0.1, 0.15) is 5.67 Å². The van der Waals surface area contributed by atoms with Gasteiger partial charge in [0.2, 0.25) is 0 Å². The van der Waals surface area contributed by atoms with Crippen molar-refractivity contribution in [3.8, 4) is 0 Å². The molecule has 1 aromatic rings. The minimum atomic E-state index is -1.01. The Morgan fingerprint density at radius 2 is 2.46 bits per heavy atom. The molecule has 1 unspecified atom stereocenters. The number of rotatable bonds is 2. The molecule has 72 valence electrons. The van der Waals surface area contributed by atoms with Crippen LogP contribution >= 0.6 is 27.3 Å². The summed E-state index contributed by atoms with van der Waals surface area (Å²) in [5.41, 5.74) is -1.01. The Labute approximate surface area is 89.5 Å². The number of hydrogen-bond donors (Lipinski definition) is 1. The van der Waals surface area contributed by atoms with Crippen LogP contribution in [0.15, 0.2) is 15.9 Å². The summed E-state index contributed by atoms with van der Waals surface area (Å²) in [6.45, 7) is 1.31. The Morgan fingerprint density at radius 3 is 3.00 bits per heavy atom. The van der Waals surface area contributed by atoms with Gasteiger partial charge in [0.05, 0.1) is 3.79 Å². The minimum absolute atomic E-state index is 0.502. The molecule has 1 fully saturated rings. The number of hydrogen-bond acceptors (Lipinski definition) is 2. The molecule has 0 spiro atoms. The van der Waals surface area contributed by atoms with Crippen molar-refractivity contribution in [3.63, 3.8) is 0 Å². The standard InChI is InChI=1S/C9H11BrFNS/c10-8-2-1-7(13-8)5-9(11)3-4-12-6-9/h1-2,12H,3-6H2. The third-order valence-corrected chi connectivity index (χ3v) is 3.94. The van der Waals surface area contributed by atoms with Crippen molar-refractivity contribution in [2.24, 2.45) is 0 Å². The summed E-state index contributed by atoms with van der Waals surface area (Å²) in [6.07, 6.45) is 1.19. The molecule has 1 nitrogen and oxygen atoms in total. The van der Waals surface area contributed by atoms with Crippen LogP contribution in [0.4, 0.5) is 4.39 Å². The van der Waals surface area contributed by atoms with E-state index >= 15 is 0 Å². The molecule has 1 aliphatic rings. The van der Waals surface area contributed by atoms with Crippen LogP contribution in [0.3, 0.4) is 0 Å². The molecule has 1 aliphatic heterocycles. The third kappa shape index (κ3) is 2.30. The van der Waals surface area contributed by atoms with Gasteiger partial charge >= 0.3 is 0 Å². The van der Waals surface area contributed by atoms with Crippen LogP contribution in [0.5, 0.6) is 0 Å². The normalized spacial score (nSPS) is 28.2. The first-order chi connectivity index (χ1) is 6.18. The summed E-state index contributed by atoms with van der Waals surface area (Å²) >= 11 is 5.00. The molecular weight excluding hydrogens is 253 g/mol. The van der Waals surface area contributed by atoms with Crippen LogP contribution in [0.25, 0.3) is 0 Å². The molecule has 0 aliphatic carbocycles. The lowest BCUT2D eigenvalue weighted by Gasteiger charge is -2.16. The second-order valence-corrected chi connectivity index (χ2v) is 6.01. The van der Waals surface area contributed by atoms with Crippen LogP contribution in [0.1, 0.15) is 11.3 Å². The summed E-state index contributed by atoms with van der Waals surface area (Å²) < 4.78 is 15.0. The van der Waals surface area contributed by atoms with E-state index in [4.69, 9.17) is 0 Å². The van der Waals surface area contributed by atoms with Crippen LogP contribution in [-0.4, -0.2) is 18.8 Å². The first kappa shape index (κ1) is 9.62. The average molecular weight is 264 g/mol. The van der Waals surface area contributed by atoms with E-state index in [0.29, 0.717) is 19.4 Å². The van der Waals surface area contributed by atoms with Crippen molar-refractivity contribution in [2.75, 3.05) is 13.1 Å². The molecule has 2 heterocycles.